The van der Waals surface area contributed by atoms with Crippen molar-refractivity contribution >= 4 is 17.4 Å². The van der Waals surface area contributed by atoms with Crippen molar-refractivity contribution in [3.8, 4) is 0 Å². The van der Waals surface area contributed by atoms with Gasteiger partial charge in [0.15, 0.2) is 5.78 Å². The van der Waals surface area contributed by atoms with E-state index in [4.69, 9.17) is 5.73 Å². The average molecular weight is 232 g/mol. The quantitative estimate of drug-likeness (QED) is 0.599. The molecule has 90 valence electrons. The average Bonchev–Trinajstić information content (AvgIpc) is 2.29. The third-order valence-corrected chi connectivity index (χ3v) is 3.17. The molecule has 0 saturated carbocycles. The molecular weight excluding hydrogens is 216 g/mol. The van der Waals surface area contributed by atoms with Crippen molar-refractivity contribution in [3.05, 3.63) is 29.3 Å². The van der Waals surface area contributed by atoms with E-state index in [0.29, 0.717) is 24.2 Å². The van der Waals surface area contributed by atoms with Gasteiger partial charge in [-0.05, 0) is 37.0 Å². The zero-order valence-corrected chi connectivity index (χ0v) is 9.82. The van der Waals surface area contributed by atoms with Crippen LogP contribution in [-0.4, -0.2) is 18.2 Å². The zero-order chi connectivity index (χ0) is 12.4. The van der Waals surface area contributed by atoms with Gasteiger partial charge in [0.25, 0.3) is 0 Å². The molecule has 17 heavy (non-hydrogen) atoms. The van der Waals surface area contributed by atoms with Gasteiger partial charge in [-0.3, -0.25) is 9.59 Å². The lowest BCUT2D eigenvalue weighted by molar-refractivity contribution is -0.122. The van der Waals surface area contributed by atoms with Gasteiger partial charge >= 0.3 is 0 Å². The number of hydrogen-bond donors (Lipinski definition) is 2. The lowest BCUT2D eigenvalue weighted by atomic mass is 9.88. The predicted molar refractivity (Wildman–Crippen MR) is 65.8 cm³/mol. The summed E-state index contributed by atoms with van der Waals surface area (Å²) < 4.78 is 0. The second-order valence-corrected chi connectivity index (χ2v) is 4.44. The number of rotatable bonds is 2. The normalized spacial score (nSPS) is 19.8. The fourth-order valence-electron chi connectivity index (χ4n) is 2.20. The molecule has 1 atom stereocenters. The number of carbonyl (C=O) groups is 2. The number of nitrogen functional groups attached to an aromatic ring is 1. The summed E-state index contributed by atoms with van der Waals surface area (Å²) in [5, 5.41) is 2.80. The summed E-state index contributed by atoms with van der Waals surface area (Å²) in [6.07, 6.45) is 1.40. The molecule has 1 saturated heterocycles. The Morgan fingerprint density at radius 3 is 2.88 bits per heavy atom. The SMILES string of the molecule is CC(=O)c1cc([C@@H]2CCNC(=O)C2)ccc1N. The monoisotopic (exact) mass is 232 g/mol. The summed E-state index contributed by atoms with van der Waals surface area (Å²) >= 11 is 0. The van der Waals surface area contributed by atoms with E-state index in [1.54, 1.807) is 6.07 Å². The Labute approximate surface area is 100 Å². The van der Waals surface area contributed by atoms with Crippen LogP contribution in [0, 0.1) is 0 Å². The third-order valence-electron chi connectivity index (χ3n) is 3.17. The van der Waals surface area contributed by atoms with Crippen molar-refractivity contribution in [2.24, 2.45) is 0 Å². The molecule has 1 heterocycles. The molecule has 0 aliphatic carbocycles. The predicted octanol–water partition coefficient (Wildman–Crippen LogP) is 1.47. The number of Topliss-reactive ketones (excluding diaryl/α,β-unsaturated/α-hetero) is 1. The van der Waals surface area contributed by atoms with Crippen LogP contribution >= 0.6 is 0 Å². The summed E-state index contributed by atoms with van der Waals surface area (Å²) in [5.74, 6) is 0.231. The van der Waals surface area contributed by atoms with Gasteiger partial charge in [-0.15, -0.1) is 0 Å². The van der Waals surface area contributed by atoms with Crippen LogP contribution in [0.15, 0.2) is 18.2 Å². The summed E-state index contributed by atoms with van der Waals surface area (Å²) in [6.45, 7) is 2.20. The van der Waals surface area contributed by atoms with Crippen LogP contribution in [0.4, 0.5) is 5.69 Å². The molecule has 1 aromatic carbocycles. The van der Waals surface area contributed by atoms with Gasteiger partial charge < -0.3 is 11.1 Å². The molecule has 1 aromatic rings. The highest BCUT2D eigenvalue weighted by molar-refractivity contribution is 5.99. The first-order chi connectivity index (χ1) is 8.08. The van der Waals surface area contributed by atoms with Crippen LogP contribution in [0.5, 0.6) is 0 Å². The lowest BCUT2D eigenvalue weighted by Gasteiger charge is -2.23. The topological polar surface area (TPSA) is 72.2 Å². The van der Waals surface area contributed by atoms with E-state index < -0.39 is 0 Å². The second-order valence-electron chi connectivity index (χ2n) is 4.44. The van der Waals surface area contributed by atoms with Gasteiger partial charge in [0.2, 0.25) is 5.91 Å². The minimum Gasteiger partial charge on any atom is -0.398 e. The Balaban J connectivity index is 2.29. The molecule has 4 nitrogen and oxygen atoms in total. The number of nitrogens with one attached hydrogen (secondary N) is 1. The number of hydrogen-bond acceptors (Lipinski definition) is 3. The minimum absolute atomic E-state index is 0.0374. The van der Waals surface area contributed by atoms with Crippen LogP contribution in [0.1, 0.15) is 41.6 Å². The molecule has 0 spiro atoms. The largest absolute Gasteiger partial charge is 0.398 e. The van der Waals surface area contributed by atoms with Crippen molar-refractivity contribution in [1.29, 1.82) is 0 Å². The van der Waals surface area contributed by atoms with Crippen molar-refractivity contribution < 1.29 is 9.59 Å². The number of amides is 1. The maximum absolute atomic E-state index is 11.4. The van der Waals surface area contributed by atoms with Gasteiger partial charge in [0.05, 0.1) is 0 Å². The molecule has 1 fully saturated rings. The smallest absolute Gasteiger partial charge is 0.220 e. The van der Waals surface area contributed by atoms with Crippen molar-refractivity contribution in [1.82, 2.24) is 5.32 Å². The fourth-order valence-corrected chi connectivity index (χ4v) is 2.20. The highest BCUT2D eigenvalue weighted by atomic mass is 16.1. The molecule has 0 aromatic heterocycles. The maximum atomic E-state index is 11.4. The van der Waals surface area contributed by atoms with Crippen LogP contribution in [0.2, 0.25) is 0 Å². The lowest BCUT2D eigenvalue weighted by Crippen LogP contribution is -2.32. The van der Waals surface area contributed by atoms with Gasteiger partial charge in [0, 0.05) is 24.2 Å². The van der Waals surface area contributed by atoms with Crippen LogP contribution in [-0.2, 0) is 4.79 Å². The summed E-state index contributed by atoms with van der Waals surface area (Å²) in [4.78, 5) is 22.7. The highest BCUT2D eigenvalue weighted by Gasteiger charge is 2.21. The Hall–Kier alpha value is -1.84. The molecular formula is C13H16N2O2. The third kappa shape index (κ3) is 2.46. The maximum Gasteiger partial charge on any atom is 0.220 e. The molecule has 3 N–H and O–H groups in total. The highest BCUT2D eigenvalue weighted by Crippen LogP contribution is 2.28. The van der Waals surface area contributed by atoms with Crippen LogP contribution in [0.25, 0.3) is 0 Å². The summed E-state index contributed by atoms with van der Waals surface area (Å²) in [7, 11) is 0. The molecule has 1 aliphatic rings. The van der Waals surface area contributed by atoms with E-state index >= 15 is 0 Å². The Kier molecular flexibility index (Phi) is 3.13. The molecule has 0 radical (unpaired) electrons. The minimum atomic E-state index is -0.0374. The molecule has 0 bridgehead atoms. The van der Waals surface area contributed by atoms with E-state index in [-0.39, 0.29) is 17.6 Å². The Morgan fingerprint density at radius 2 is 2.24 bits per heavy atom. The number of piperidine rings is 1. The van der Waals surface area contributed by atoms with Gasteiger partial charge in [-0.1, -0.05) is 6.07 Å². The van der Waals surface area contributed by atoms with Crippen LogP contribution in [0.3, 0.4) is 0 Å². The molecule has 1 amide bonds. The summed E-state index contributed by atoms with van der Waals surface area (Å²) in [5.41, 5.74) is 7.83. The van der Waals surface area contributed by atoms with Crippen LogP contribution < -0.4 is 11.1 Å². The van der Waals surface area contributed by atoms with E-state index in [0.717, 1.165) is 12.0 Å². The van der Waals surface area contributed by atoms with Gasteiger partial charge in [-0.25, -0.2) is 0 Å². The fraction of sp³-hybridized carbons (Fsp3) is 0.385. The first-order valence-corrected chi connectivity index (χ1v) is 5.75. The van der Waals surface area contributed by atoms with E-state index in [1.807, 2.05) is 12.1 Å². The number of anilines is 1. The number of benzene rings is 1. The van der Waals surface area contributed by atoms with E-state index in [9.17, 15) is 9.59 Å². The number of nitrogens with two attached hydrogens (primary N) is 1. The standard InChI is InChI=1S/C13H16N2O2/c1-8(16)11-6-9(2-3-12(11)14)10-4-5-15-13(17)7-10/h2-3,6,10H,4-5,7,14H2,1H3,(H,15,17)/t10-/m1/s1. The van der Waals surface area contributed by atoms with E-state index in [2.05, 4.69) is 5.32 Å². The van der Waals surface area contributed by atoms with Crippen molar-refractivity contribution in [2.45, 2.75) is 25.7 Å². The first kappa shape index (κ1) is 11.6. The molecule has 4 heteroatoms. The Bertz CT molecular complexity index is 468. The first-order valence-electron chi connectivity index (χ1n) is 5.75. The summed E-state index contributed by atoms with van der Waals surface area (Å²) in [6, 6.07) is 5.48. The molecule has 0 unspecified atom stereocenters. The van der Waals surface area contributed by atoms with E-state index in [1.165, 1.54) is 6.92 Å². The second kappa shape index (κ2) is 4.57. The molecule has 1 aliphatic heterocycles. The van der Waals surface area contributed by atoms with Gasteiger partial charge in [-0.2, -0.15) is 0 Å². The van der Waals surface area contributed by atoms with Crippen molar-refractivity contribution in [3.63, 3.8) is 0 Å². The number of carbonyl (C=O) groups excluding carboxylic acids is 2. The number of ketones is 1. The zero-order valence-electron chi connectivity index (χ0n) is 9.82. The van der Waals surface area contributed by atoms with Crippen molar-refractivity contribution in [2.75, 3.05) is 12.3 Å². The Morgan fingerprint density at radius 1 is 1.47 bits per heavy atom. The molecule has 2 rings (SSSR count). The van der Waals surface area contributed by atoms with Gasteiger partial charge in [0.1, 0.15) is 0 Å².